The zero-order chi connectivity index (χ0) is 26.5. The molecule has 2 heterocycles. The first-order valence-electron chi connectivity index (χ1n) is 13.3. The lowest BCUT2D eigenvalue weighted by Gasteiger charge is -2.15. The van der Waals surface area contributed by atoms with Crippen molar-refractivity contribution < 1.29 is 0 Å². The fourth-order valence-electron chi connectivity index (χ4n) is 5.69. The zero-order valence-electron chi connectivity index (χ0n) is 21.5. The molecule has 4 nitrogen and oxygen atoms in total. The quantitative estimate of drug-likeness (QED) is 0.222. The van der Waals surface area contributed by atoms with Crippen LogP contribution in [0.2, 0.25) is 0 Å². The van der Waals surface area contributed by atoms with Gasteiger partial charge in [-0.15, -0.1) is 0 Å². The predicted molar refractivity (Wildman–Crippen MR) is 163 cm³/mol. The normalized spacial score (nSPS) is 11.5. The lowest BCUT2D eigenvalue weighted by Crippen LogP contribution is -1.97. The maximum absolute atomic E-state index is 5.12. The molecule has 0 N–H and O–H groups in total. The van der Waals surface area contributed by atoms with Crippen LogP contribution in [0.3, 0.4) is 0 Å². The second-order valence-corrected chi connectivity index (χ2v) is 10.0. The van der Waals surface area contributed by atoms with Gasteiger partial charge < -0.3 is 0 Å². The molecular formula is C36H22N4. The molecule has 2 aromatic heterocycles. The highest BCUT2D eigenvalue weighted by molar-refractivity contribution is 6.25. The van der Waals surface area contributed by atoms with Crippen LogP contribution in [0.5, 0.6) is 0 Å². The van der Waals surface area contributed by atoms with Gasteiger partial charge in [0.2, 0.25) is 0 Å². The van der Waals surface area contributed by atoms with E-state index >= 15 is 0 Å². The van der Waals surface area contributed by atoms with Gasteiger partial charge >= 0.3 is 0 Å². The fraction of sp³-hybridized carbons (Fsp3) is 0. The van der Waals surface area contributed by atoms with E-state index in [9.17, 15) is 0 Å². The van der Waals surface area contributed by atoms with Gasteiger partial charge in [0.1, 0.15) is 6.33 Å². The van der Waals surface area contributed by atoms with E-state index in [2.05, 4.69) is 107 Å². The fourth-order valence-corrected chi connectivity index (χ4v) is 5.69. The van der Waals surface area contributed by atoms with Gasteiger partial charge in [-0.05, 0) is 43.9 Å². The van der Waals surface area contributed by atoms with Gasteiger partial charge in [0.05, 0.1) is 11.4 Å². The molecule has 0 saturated heterocycles. The Bertz CT molecular complexity index is 2120. The molecule has 8 aromatic rings. The summed E-state index contributed by atoms with van der Waals surface area (Å²) in [6, 6.07) is 40.5. The topological polar surface area (TPSA) is 51.6 Å². The summed E-state index contributed by atoms with van der Waals surface area (Å²) in [6.45, 7) is 0. The second-order valence-electron chi connectivity index (χ2n) is 10.0. The molecule has 0 bridgehead atoms. The van der Waals surface area contributed by atoms with E-state index in [-0.39, 0.29) is 0 Å². The molecule has 4 heteroatoms. The standard InChI is InChI=1S/C36H22N4/c1-2-5-28(6-3-1)36-39-32(24-11-9-23(10-12-24)29-20-37-22-38-21-29)19-33(40-36)30-17-15-27-14-13-25-7-4-8-26-16-18-31(30)35(27)34(25)26/h1-22H. The molecule has 0 aliphatic heterocycles. The second kappa shape index (κ2) is 9.07. The van der Waals surface area contributed by atoms with Crippen molar-refractivity contribution in [2.75, 3.05) is 0 Å². The van der Waals surface area contributed by atoms with Crippen molar-refractivity contribution in [2.24, 2.45) is 0 Å². The van der Waals surface area contributed by atoms with Crippen LogP contribution in [0.1, 0.15) is 0 Å². The Labute approximate surface area is 231 Å². The molecule has 0 amide bonds. The first-order chi connectivity index (χ1) is 19.8. The Morgan fingerprint density at radius 3 is 1.85 bits per heavy atom. The van der Waals surface area contributed by atoms with Crippen LogP contribution >= 0.6 is 0 Å². The van der Waals surface area contributed by atoms with Crippen molar-refractivity contribution in [3.05, 3.63) is 134 Å². The van der Waals surface area contributed by atoms with Crippen LogP contribution in [0.4, 0.5) is 0 Å². The Hall–Kier alpha value is -5.48. The van der Waals surface area contributed by atoms with Crippen LogP contribution in [-0.2, 0) is 0 Å². The SMILES string of the molecule is c1ccc(-c2nc(-c3ccc(-c4cncnc4)cc3)cc(-c3ccc4ccc5cccc6ccc3c4c56)n2)cc1. The van der Waals surface area contributed by atoms with Crippen molar-refractivity contribution in [1.82, 2.24) is 19.9 Å². The van der Waals surface area contributed by atoms with E-state index in [0.29, 0.717) is 5.82 Å². The molecule has 6 aromatic carbocycles. The van der Waals surface area contributed by atoms with Crippen molar-refractivity contribution >= 4 is 32.3 Å². The number of nitrogens with zero attached hydrogens (tertiary/aromatic N) is 4. The van der Waals surface area contributed by atoms with Crippen LogP contribution in [-0.4, -0.2) is 19.9 Å². The van der Waals surface area contributed by atoms with Crippen molar-refractivity contribution in [3.8, 4) is 45.0 Å². The first-order valence-corrected chi connectivity index (χ1v) is 13.3. The lowest BCUT2D eigenvalue weighted by atomic mass is 9.91. The Balaban J connectivity index is 1.34. The molecule has 8 rings (SSSR count). The summed E-state index contributed by atoms with van der Waals surface area (Å²) in [5.74, 6) is 0.708. The first kappa shape index (κ1) is 22.5. The van der Waals surface area contributed by atoms with Gasteiger partial charge in [0.15, 0.2) is 5.82 Å². The zero-order valence-corrected chi connectivity index (χ0v) is 21.5. The summed E-state index contributed by atoms with van der Waals surface area (Å²) in [4.78, 5) is 18.5. The highest BCUT2D eigenvalue weighted by Crippen LogP contribution is 2.39. The minimum atomic E-state index is 0.708. The smallest absolute Gasteiger partial charge is 0.160 e. The summed E-state index contributed by atoms with van der Waals surface area (Å²) in [5.41, 5.74) is 6.95. The van der Waals surface area contributed by atoms with Gasteiger partial charge in [-0.2, -0.15) is 0 Å². The molecular weight excluding hydrogens is 488 g/mol. The molecule has 186 valence electrons. The van der Waals surface area contributed by atoms with Gasteiger partial charge in [0.25, 0.3) is 0 Å². The largest absolute Gasteiger partial charge is 0.244 e. The number of hydrogen-bond donors (Lipinski definition) is 0. The Morgan fingerprint density at radius 2 is 1.07 bits per heavy atom. The highest BCUT2D eigenvalue weighted by atomic mass is 14.9. The molecule has 0 radical (unpaired) electrons. The van der Waals surface area contributed by atoms with Crippen LogP contribution < -0.4 is 0 Å². The molecule has 0 saturated carbocycles. The minimum Gasteiger partial charge on any atom is -0.244 e. The average molecular weight is 511 g/mol. The monoisotopic (exact) mass is 510 g/mol. The average Bonchev–Trinajstić information content (AvgIpc) is 3.04. The number of aromatic nitrogens is 4. The van der Waals surface area contributed by atoms with Crippen LogP contribution in [0.15, 0.2) is 134 Å². The number of benzene rings is 6. The summed E-state index contributed by atoms with van der Waals surface area (Å²) in [6.07, 6.45) is 5.20. The van der Waals surface area contributed by atoms with Gasteiger partial charge in [-0.1, -0.05) is 109 Å². The van der Waals surface area contributed by atoms with E-state index in [1.54, 1.807) is 6.33 Å². The molecule has 0 spiro atoms. The third-order valence-corrected chi connectivity index (χ3v) is 7.64. The van der Waals surface area contributed by atoms with E-state index in [1.807, 2.05) is 30.6 Å². The van der Waals surface area contributed by atoms with Crippen molar-refractivity contribution in [1.29, 1.82) is 0 Å². The highest BCUT2D eigenvalue weighted by Gasteiger charge is 2.16. The van der Waals surface area contributed by atoms with E-state index in [1.165, 1.54) is 32.3 Å². The van der Waals surface area contributed by atoms with E-state index in [0.717, 1.165) is 39.2 Å². The van der Waals surface area contributed by atoms with Crippen LogP contribution in [0.25, 0.3) is 77.3 Å². The summed E-state index contributed by atoms with van der Waals surface area (Å²) in [7, 11) is 0. The van der Waals surface area contributed by atoms with Crippen molar-refractivity contribution in [2.45, 2.75) is 0 Å². The summed E-state index contributed by atoms with van der Waals surface area (Å²) < 4.78 is 0. The molecule has 0 unspecified atom stereocenters. The third kappa shape index (κ3) is 3.69. The molecule has 0 aliphatic rings. The van der Waals surface area contributed by atoms with Crippen molar-refractivity contribution in [3.63, 3.8) is 0 Å². The molecule has 40 heavy (non-hydrogen) atoms. The van der Waals surface area contributed by atoms with Gasteiger partial charge in [-0.3, -0.25) is 0 Å². The van der Waals surface area contributed by atoms with Gasteiger partial charge in [0, 0.05) is 34.6 Å². The maximum Gasteiger partial charge on any atom is 0.160 e. The van der Waals surface area contributed by atoms with E-state index in [4.69, 9.17) is 9.97 Å². The maximum atomic E-state index is 5.12. The summed E-state index contributed by atoms with van der Waals surface area (Å²) in [5, 5.41) is 7.53. The number of hydrogen-bond acceptors (Lipinski definition) is 4. The molecule has 0 aliphatic carbocycles. The third-order valence-electron chi connectivity index (χ3n) is 7.64. The van der Waals surface area contributed by atoms with Gasteiger partial charge in [-0.25, -0.2) is 19.9 Å². The molecule has 0 atom stereocenters. The summed E-state index contributed by atoms with van der Waals surface area (Å²) >= 11 is 0. The van der Waals surface area contributed by atoms with Crippen LogP contribution in [0, 0.1) is 0 Å². The molecule has 0 fully saturated rings. The minimum absolute atomic E-state index is 0.708. The Morgan fingerprint density at radius 1 is 0.425 bits per heavy atom. The van der Waals surface area contributed by atoms with E-state index < -0.39 is 0 Å². The predicted octanol–water partition coefficient (Wildman–Crippen LogP) is 8.83. The Kier molecular flexibility index (Phi) is 5.10. The number of rotatable bonds is 4. The lowest BCUT2D eigenvalue weighted by molar-refractivity contribution is 1.17.